The summed E-state index contributed by atoms with van der Waals surface area (Å²) in [4.78, 5) is 20.8. The monoisotopic (exact) mass is 402 g/mol. The zero-order valence-electron chi connectivity index (χ0n) is 14.5. The minimum atomic E-state index is -0.319. The van der Waals surface area contributed by atoms with E-state index in [1.54, 1.807) is 0 Å². The average molecular weight is 403 g/mol. The lowest BCUT2D eigenvalue weighted by molar-refractivity contribution is 0.0520. The molecule has 3 aliphatic carbocycles. The fourth-order valence-corrected chi connectivity index (χ4v) is 4.66. The van der Waals surface area contributed by atoms with E-state index >= 15 is 0 Å². The number of hydrogen-bond acceptors (Lipinski definition) is 3. The number of carbonyl (C=O) groups is 1. The van der Waals surface area contributed by atoms with Crippen LogP contribution in [0.1, 0.15) is 61.8 Å². The van der Waals surface area contributed by atoms with Gasteiger partial charge in [-0.3, -0.25) is 0 Å². The smallest absolute Gasteiger partial charge is 0.357 e. The fraction of sp³-hybridized carbons (Fsp3) is 0.500. The van der Waals surface area contributed by atoms with Gasteiger partial charge in [-0.1, -0.05) is 28.1 Å². The van der Waals surface area contributed by atoms with E-state index in [4.69, 9.17) is 9.72 Å². The number of nitrogens with zero attached hydrogens (tertiary/aromatic N) is 1. The minimum absolute atomic E-state index is 0.115. The van der Waals surface area contributed by atoms with E-state index < -0.39 is 0 Å². The Balaban J connectivity index is 1.77. The molecule has 0 atom stereocenters. The Labute approximate surface area is 156 Å². The predicted molar refractivity (Wildman–Crippen MR) is 101 cm³/mol. The molecule has 5 heteroatoms. The lowest BCUT2D eigenvalue weighted by Gasteiger charge is -2.45. The van der Waals surface area contributed by atoms with Crippen molar-refractivity contribution in [3.8, 4) is 11.3 Å². The number of fused-ring (bicyclic) bond motifs is 3. The van der Waals surface area contributed by atoms with Crippen LogP contribution in [-0.4, -0.2) is 22.5 Å². The second-order valence-electron chi connectivity index (χ2n) is 7.30. The maximum absolute atomic E-state index is 12.5. The Bertz CT molecular complexity index is 760. The van der Waals surface area contributed by atoms with Gasteiger partial charge in [0.1, 0.15) is 11.5 Å². The maximum Gasteiger partial charge on any atom is 0.357 e. The molecule has 1 N–H and O–H groups in total. The Hall–Kier alpha value is -1.62. The van der Waals surface area contributed by atoms with Crippen molar-refractivity contribution in [3.63, 3.8) is 0 Å². The molecule has 0 saturated heterocycles. The van der Waals surface area contributed by atoms with Crippen LogP contribution >= 0.6 is 15.9 Å². The van der Waals surface area contributed by atoms with Crippen LogP contribution in [0.3, 0.4) is 0 Å². The van der Waals surface area contributed by atoms with E-state index in [-0.39, 0.29) is 11.4 Å². The summed E-state index contributed by atoms with van der Waals surface area (Å²) in [6.07, 6.45) is 7.36. The number of rotatable bonds is 4. The highest BCUT2D eigenvalue weighted by molar-refractivity contribution is 9.10. The number of aromatic nitrogens is 2. The standard InChI is InChI=1S/C20H23BrN2O2/c1-2-25-18(24)17-16(14-3-5-15(21)6-4-14)22-19(23-17)20-10-7-13(8-11-20)9-12-20/h3-6,13H,2,7-12H2,1H3,(H,22,23). The third-order valence-electron chi connectivity index (χ3n) is 5.90. The molecule has 0 amide bonds. The Morgan fingerprint density at radius 3 is 2.48 bits per heavy atom. The Morgan fingerprint density at radius 1 is 1.24 bits per heavy atom. The molecule has 0 radical (unpaired) electrons. The van der Waals surface area contributed by atoms with E-state index in [2.05, 4.69) is 20.9 Å². The van der Waals surface area contributed by atoms with Crippen molar-refractivity contribution in [2.45, 2.75) is 50.9 Å². The molecule has 0 spiro atoms. The SMILES string of the molecule is CCOC(=O)c1[nH]c(C23CCC(CC2)CC3)nc1-c1ccc(Br)cc1. The van der Waals surface area contributed by atoms with Crippen LogP contribution in [0, 0.1) is 5.92 Å². The normalized spacial score (nSPS) is 25.1. The summed E-state index contributed by atoms with van der Waals surface area (Å²) in [5.41, 5.74) is 2.25. The zero-order valence-corrected chi connectivity index (χ0v) is 16.1. The van der Waals surface area contributed by atoms with Crippen molar-refractivity contribution in [1.29, 1.82) is 0 Å². The summed E-state index contributed by atoms with van der Waals surface area (Å²) in [5.74, 6) is 1.55. The van der Waals surface area contributed by atoms with E-state index in [9.17, 15) is 4.79 Å². The number of benzene rings is 1. The van der Waals surface area contributed by atoms with E-state index in [1.807, 2.05) is 31.2 Å². The number of ether oxygens (including phenoxy) is 1. The molecule has 1 aromatic carbocycles. The molecule has 132 valence electrons. The number of halogens is 1. The molecule has 3 fully saturated rings. The number of esters is 1. The molecule has 4 nitrogen and oxygen atoms in total. The van der Waals surface area contributed by atoms with Crippen molar-refractivity contribution in [3.05, 3.63) is 40.3 Å². The molecule has 1 heterocycles. The zero-order chi connectivity index (χ0) is 17.4. The third kappa shape index (κ3) is 3.03. The van der Waals surface area contributed by atoms with Crippen LogP contribution in [0.2, 0.25) is 0 Å². The van der Waals surface area contributed by atoms with Crippen LogP contribution in [0.15, 0.2) is 28.7 Å². The van der Waals surface area contributed by atoms with Crippen LogP contribution in [-0.2, 0) is 10.2 Å². The van der Waals surface area contributed by atoms with Crippen molar-refractivity contribution < 1.29 is 9.53 Å². The molecule has 2 aromatic rings. The van der Waals surface area contributed by atoms with Crippen LogP contribution in [0.5, 0.6) is 0 Å². The number of carbonyl (C=O) groups excluding carboxylic acids is 1. The van der Waals surface area contributed by atoms with Crippen LogP contribution in [0.25, 0.3) is 11.3 Å². The summed E-state index contributed by atoms with van der Waals surface area (Å²) in [7, 11) is 0. The van der Waals surface area contributed by atoms with Gasteiger partial charge < -0.3 is 9.72 Å². The van der Waals surface area contributed by atoms with Gasteiger partial charge in [-0.05, 0) is 63.5 Å². The topological polar surface area (TPSA) is 55.0 Å². The van der Waals surface area contributed by atoms with Gasteiger partial charge >= 0.3 is 5.97 Å². The molecule has 25 heavy (non-hydrogen) atoms. The summed E-state index contributed by atoms with van der Waals surface area (Å²) in [5, 5.41) is 0. The largest absolute Gasteiger partial charge is 0.461 e. The van der Waals surface area contributed by atoms with Crippen molar-refractivity contribution >= 4 is 21.9 Å². The van der Waals surface area contributed by atoms with Gasteiger partial charge in [0.25, 0.3) is 0 Å². The van der Waals surface area contributed by atoms with Gasteiger partial charge in [0.15, 0.2) is 5.69 Å². The Morgan fingerprint density at radius 2 is 1.88 bits per heavy atom. The second-order valence-corrected chi connectivity index (χ2v) is 8.21. The number of nitrogens with one attached hydrogen (secondary N) is 1. The number of H-pyrrole nitrogens is 1. The first kappa shape index (κ1) is 16.8. The van der Waals surface area contributed by atoms with Crippen LogP contribution in [0.4, 0.5) is 0 Å². The third-order valence-corrected chi connectivity index (χ3v) is 6.43. The van der Waals surface area contributed by atoms with Crippen molar-refractivity contribution in [1.82, 2.24) is 9.97 Å². The highest BCUT2D eigenvalue weighted by Crippen LogP contribution is 2.51. The van der Waals surface area contributed by atoms with Gasteiger partial charge in [-0.2, -0.15) is 0 Å². The minimum Gasteiger partial charge on any atom is -0.461 e. The van der Waals surface area contributed by atoms with E-state index in [0.29, 0.717) is 18.0 Å². The summed E-state index contributed by atoms with van der Waals surface area (Å²) in [6, 6.07) is 7.93. The van der Waals surface area contributed by atoms with Crippen molar-refractivity contribution in [2.24, 2.45) is 5.92 Å². The van der Waals surface area contributed by atoms with Gasteiger partial charge in [0.05, 0.1) is 6.61 Å². The highest BCUT2D eigenvalue weighted by Gasteiger charge is 2.44. The van der Waals surface area contributed by atoms with Gasteiger partial charge in [0.2, 0.25) is 0 Å². The highest BCUT2D eigenvalue weighted by atomic mass is 79.9. The molecular weight excluding hydrogens is 380 g/mol. The molecule has 3 saturated carbocycles. The number of imidazole rings is 1. The molecular formula is C20H23BrN2O2. The lowest BCUT2D eigenvalue weighted by Crippen LogP contribution is -2.38. The summed E-state index contributed by atoms with van der Waals surface area (Å²) in [6.45, 7) is 2.19. The molecule has 0 unspecified atom stereocenters. The molecule has 1 aromatic heterocycles. The van der Waals surface area contributed by atoms with E-state index in [0.717, 1.165) is 21.8 Å². The van der Waals surface area contributed by atoms with Crippen molar-refractivity contribution in [2.75, 3.05) is 6.61 Å². The van der Waals surface area contributed by atoms with Gasteiger partial charge in [0, 0.05) is 15.5 Å². The Kier molecular flexibility index (Phi) is 4.44. The maximum atomic E-state index is 12.5. The number of hydrogen-bond donors (Lipinski definition) is 1. The molecule has 5 rings (SSSR count). The average Bonchev–Trinajstić information content (AvgIpc) is 3.10. The molecule has 0 aliphatic heterocycles. The van der Waals surface area contributed by atoms with E-state index in [1.165, 1.54) is 38.5 Å². The van der Waals surface area contributed by atoms with Gasteiger partial charge in [-0.15, -0.1) is 0 Å². The lowest BCUT2D eigenvalue weighted by atomic mass is 9.60. The fourth-order valence-electron chi connectivity index (χ4n) is 4.40. The molecule has 2 bridgehead atoms. The first-order valence-electron chi connectivity index (χ1n) is 9.15. The number of aromatic amines is 1. The first-order chi connectivity index (χ1) is 12.1. The quantitative estimate of drug-likeness (QED) is 0.711. The van der Waals surface area contributed by atoms with Crippen LogP contribution < -0.4 is 0 Å². The second kappa shape index (κ2) is 6.60. The predicted octanol–water partition coefficient (Wildman–Crippen LogP) is 5.24. The molecule has 3 aliphatic rings. The summed E-state index contributed by atoms with van der Waals surface area (Å²) < 4.78 is 6.28. The first-order valence-corrected chi connectivity index (χ1v) is 9.94. The van der Waals surface area contributed by atoms with Gasteiger partial charge in [-0.25, -0.2) is 9.78 Å². The summed E-state index contributed by atoms with van der Waals surface area (Å²) >= 11 is 3.46.